The molecule has 0 amide bonds. The molecule has 0 aliphatic carbocycles. The first-order valence-corrected chi connectivity index (χ1v) is 7.98. The zero-order chi connectivity index (χ0) is 14.4. The quantitative estimate of drug-likeness (QED) is 0.792. The van der Waals surface area contributed by atoms with E-state index in [-0.39, 0.29) is 0 Å². The average Bonchev–Trinajstić information content (AvgIpc) is 2.91. The number of thioether (sulfide) groups is 1. The smallest absolute Gasteiger partial charge is 0.226 e. The molecule has 4 nitrogen and oxygen atoms in total. The maximum atomic E-state index is 6.10. The monoisotopic (exact) mass is 311 g/mol. The standard InChI is InChI=1S/C14H18ClN3OS/c1-2-10(8-16)7-14-17-13(18-19-14)9-20-12-6-4-3-5-11(12)15/h3-6,10H,2,7-9,16H2,1H3. The lowest BCUT2D eigenvalue weighted by Crippen LogP contribution is -2.16. The van der Waals surface area contributed by atoms with Crippen molar-refractivity contribution in [2.45, 2.75) is 30.4 Å². The molecular formula is C14H18ClN3OS. The Labute approximate surface area is 128 Å². The van der Waals surface area contributed by atoms with Gasteiger partial charge in [-0.05, 0) is 24.6 Å². The van der Waals surface area contributed by atoms with Crippen LogP contribution < -0.4 is 5.73 Å². The molecule has 2 N–H and O–H groups in total. The molecule has 0 radical (unpaired) electrons. The Morgan fingerprint density at radius 2 is 2.20 bits per heavy atom. The molecule has 0 saturated heterocycles. The van der Waals surface area contributed by atoms with Crippen LogP contribution in [0.2, 0.25) is 5.02 Å². The third-order valence-electron chi connectivity index (χ3n) is 3.08. The van der Waals surface area contributed by atoms with Crippen LogP contribution in [0, 0.1) is 5.92 Å². The van der Waals surface area contributed by atoms with Crippen LogP contribution in [0.5, 0.6) is 0 Å². The number of hydrogen-bond acceptors (Lipinski definition) is 5. The minimum absolute atomic E-state index is 0.402. The highest BCUT2D eigenvalue weighted by atomic mass is 35.5. The molecule has 1 atom stereocenters. The normalized spacial score (nSPS) is 12.6. The van der Waals surface area contributed by atoms with Crippen LogP contribution in [0.15, 0.2) is 33.7 Å². The molecule has 108 valence electrons. The Bertz CT molecular complexity index is 543. The molecule has 0 aliphatic rings. The number of nitrogens with two attached hydrogens (primary N) is 1. The van der Waals surface area contributed by atoms with Gasteiger partial charge >= 0.3 is 0 Å². The number of aromatic nitrogens is 2. The van der Waals surface area contributed by atoms with Crippen LogP contribution in [-0.2, 0) is 12.2 Å². The van der Waals surface area contributed by atoms with Crippen molar-refractivity contribution in [1.29, 1.82) is 0 Å². The lowest BCUT2D eigenvalue weighted by atomic mass is 10.0. The zero-order valence-corrected chi connectivity index (χ0v) is 13.0. The zero-order valence-electron chi connectivity index (χ0n) is 11.4. The molecule has 1 heterocycles. The summed E-state index contributed by atoms with van der Waals surface area (Å²) in [5.74, 6) is 2.40. The molecule has 20 heavy (non-hydrogen) atoms. The summed E-state index contributed by atoms with van der Waals surface area (Å²) < 4.78 is 5.25. The molecule has 1 aromatic heterocycles. The molecule has 0 aliphatic heterocycles. The fraction of sp³-hybridized carbons (Fsp3) is 0.429. The summed E-state index contributed by atoms with van der Waals surface area (Å²) in [6.45, 7) is 2.75. The second kappa shape index (κ2) is 7.67. The van der Waals surface area contributed by atoms with E-state index >= 15 is 0 Å². The molecule has 1 unspecified atom stereocenters. The second-order valence-electron chi connectivity index (χ2n) is 4.54. The average molecular weight is 312 g/mol. The first kappa shape index (κ1) is 15.4. The Morgan fingerprint density at radius 3 is 2.90 bits per heavy atom. The van der Waals surface area contributed by atoms with Crippen molar-refractivity contribution in [2.24, 2.45) is 11.7 Å². The summed E-state index contributed by atoms with van der Waals surface area (Å²) in [5.41, 5.74) is 5.68. The van der Waals surface area contributed by atoms with Crippen LogP contribution >= 0.6 is 23.4 Å². The minimum atomic E-state index is 0.402. The Morgan fingerprint density at radius 1 is 1.40 bits per heavy atom. The van der Waals surface area contributed by atoms with Gasteiger partial charge in [0.05, 0.1) is 10.8 Å². The van der Waals surface area contributed by atoms with Crippen LogP contribution in [-0.4, -0.2) is 16.7 Å². The number of nitrogens with zero attached hydrogens (tertiary/aromatic N) is 2. The molecule has 2 aromatic rings. The van der Waals surface area contributed by atoms with E-state index in [9.17, 15) is 0 Å². The van der Waals surface area contributed by atoms with E-state index in [4.69, 9.17) is 21.9 Å². The first-order chi connectivity index (χ1) is 9.72. The number of hydrogen-bond donors (Lipinski definition) is 1. The van der Waals surface area contributed by atoms with Gasteiger partial charge in [0, 0.05) is 11.3 Å². The van der Waals surface area contributed by atoms with E-state index in [0.717, 1.165) is 22.8 Å². The fourth-order valence-electron chi connectivity index (χ4n) is 1.78. The summed E-state index contributed by atoms with van der Waals surface area (Å²) in [6, 6.07) is 7.73. The molecule has 0 bridgehead atoms. The van der Waals surface area contributed by atoms with Gasteiger partial charge in [-0.1, -0.05) is 42.2 Å². The largest absolute Gasteiger partial charge is 0.339 e. The van der Waals surface area contributed by atoms with Gasteiger partial charge in [0.1, 0.15) is 0 Å². The van der Waals surface area contributed by atoms with Crippen molar-refractivity contribution in [1.82, 2.24) is 10.1 Å². The molecule has 0 spiro atoms. The SMILES string of the molecule is CCC(CN)Cc1nc(CSc2ccccc2Cl)no1. The van der Waals surface area contributed by atoms with Gasteiger partial charge < -0.3 is 10.3 Å². The van der Waals surface area contributed by atoms with Gasteiger partial charge in [0.2, 0.25) is 5.89 Å². The minimum Gasteiger partial charge on any atom is -0.339 e. The predicted octanol–water partition coefficient (Wildman–Crippen LogP) is 3.54. The molecular weight excluding hydrogens is 294 g/mol. The second-order valence-corrected chi connectivity index (χ2v) is 5.96. The van der Waals surface area contributed by atoms with E-state index in [1.807, 2.05) is 24.3 Å². The molecule has 1 aromatic carbocycles. The van der Waals surface area contributed by atoms with Crippen LogP contribution in [0.4, 0.5) is 0 Å². The summed E-state index contributed by atoms with van der Waals surface area (Å²) in [6.07, 6.45) is 1.76. The van der Waals surface area contributed by atoms with Crippen LogP contribution in [0.1, 0.15) is 25.1 Å². The Hall–Kier alpha value is -1.04. The number of halogens is 1. The van der Waals surface area contributed by atoms with Crippen molar-refractivity contribution in [3.63, 3.8) is 0 Å². The highest BCUT2D eigenvalue weighted by molar-refractivity contribution is 7.98. The van der Waals surface area contributed by atoms with Crippen molar-refractivity contribution in [2.75, 3.05) is 6.54 Å². The molecule has 6 heteroatoms. The van der Waals surface area contributed by atoms with E-state index in [2.05, 4.69) is 17.1 Å². The first-order valence-electron chi connectivity index (χ1n) is 6.61. The fourth-order valence-corrected chi connectivity index (χ4v) is 2.86. The van der Waals surface area contributed by atoms with Gasteiger partial charge in [-0.25, -0.2) is 0 Å². The van der Waals surface area contributed by atoms with E-state index in [0.29, 0.717) is 29.9 Å². The third kappa shape index (κ3) is 4.23. The van der Waals surface area contributed by atoms with Crippen molar-refractivity contribution < 1.29 is 4.52 Å². The Kier molecular flexibility index (Phi) is 5.88. The molecule has 0 saturated carbocycles. The Balaban J connectivity index is 1.91. The van der Waals surface area contributed by atoms with E-state index in [1.54, 1.807) is 11.8 Å². The number of rotatable bonds is 7. The number of benzene rings is 1. The predicted molar refractivity (Wildman–Crippen MR) is 81.9 cm³/mol. The van der Waals surface area contributed by atoms with Crippen molar-refractivity contribution in [3.05, 3.63) is 41.0 Å². The summed E-state index contributed by atoms with van der Waals surface area (Å²) in [5, 5.41) is 4.74. The lowest BCUT2D eigenvalue weighted by molar-refractivity contribution is 0.348. The highest BCUT2D eigenvalue weighted by Crippen LogP contribution is 2.28. The maximum Gasteiger partial charge on any atom is 0.226 e. The summed E-state index contributed by atoms with van der Waals surface area (Å²) >= 11 is 7.71. The van der Waals surface area contributed by atoms with Crippen molar-refractivity contribution >= 4 is 23.4 Å². The van der Waals surface area contributed by atoms with Crippen LogP contribution in [0.3, 0.4) is 0 Å². The third-order valence-corrected chi connectivity index (χ3v) is 4.59. The highest BCUT2D eigenvalue weighted by Gasteiger charge is 2.12. The maximum absolute atomic E-state index is 6.10. The van der Waals surface area contributed by atoms with Gasteiger partial charge in [0.15, 0.2) is 5.82 Å². The summed E-state index contributed by atoms with van der Waals surface area (Å²) in [4.78, 5) is 5.42. The molecule has 0 fully saturated rings. The van der Waals surface area contributed by atoms with Crippen LogP contribution in [0.25, 0.3) is 0 Å². The van der Waals surface area contributed by atoms with Gasteiger partial charge in [-0.3, -0.25) is 0 Å². The van der Waals surface area contributed by atoms with E-state index < -0.39 is 0 Å². The van der Waals surface area contributed by atoms with E-state index in [1.165, 1.54) is 0 Å². The van der Waals surface area contributed by atoms with Crippen molar-refractivity contribution in [3.8, 4) is 0 Å². The summed E-state index contributed by atoms with van der Waals surface area (Å²) in [7, 11) is 0. The van der Waals surface area contributed by atoms with Gasteiger partial charge in [0.25, 0.3) is 0 Å². The van der Waals surface area contributed by atoms with Gasteiger partial charge in [-0.15, -0.1) is 11.8 Å². The lowest BCUT2D eigenvalue weighted by Gasteiger charge is -2.07. The topological polar surface area (TPSA) is 64.9 Å². The molecule has 2 rings (SSSR count). The van der Waals surface area contributed by atoms with Gasteiger partial charge in [-0.2, -0.15) is 4.98 Å².